The number of carbonyl (C=O) groups is 3. The Balaban J connectivity index is 2.21. The summed E-state index contributed by atoms with van der Waals surface area (Å²) >= 11 is 0. The smallest absolute Gasteiger partial charge is 0.337 e. The molecule has 6 heteroatoms. The Morgan fingerprint density at radius 3 is 2.30 bits per heavy atom. The Labute approximate surface area is 159 Å². The topological polar surface area (TPSA) is 75.7 Å². The molecule has 0 bridgehead atoms. The number of esters is 1. The predicted octanol–water partition coefficient (Wildman–Crippen LogP) is 3.49. The van der Waals surface area contributed by atoms with Crippen LogP contribution < -0.4 is 10.2 Å². The molecule has 0 saturated carbocycles. The van der Waals surface area contributed by atoms with Gasteiger partial charge in [-0.05, 0) is 51.1 Å². The summed E-state index contributed by atoms with van der Waals surface area (Å²) in [7, 11) is 1.29. The van der Waals surface area contributed by atoms with Crippen LogP contribution in [-0.2, 0) is 14.3 Å². The van der Waals surface area contributed by atoms with Gasteiger partial charge in [-0.2, -0.15) is 0 Å². The zero-order valence-corrected chi connectivity index (χ0v) is 16.0. The van der Waals surface area contributed by atoms with Crippen LogP contribution in [0.25, 0.3) is 0 Å². The Hall–Kier alpha value is -3.15. The quantitative estimate of drug-likeness (QED) is 0.625. The minimum atomic E-state index is -1.30. The molecule has 0 radical (unpaired) electrons. The number of nitrogens with zero attached hydrogens (tertiary/aromatic N) is 1. The molecule has 0 atom stereocenters. The second kappa shape index (κ2) is 8.49. The third kappa shape index (κ3) is 4.53. The summed E-state index contributed by atoms with van der Waals surface area (Å²) in [4.78, 5) is 39.1. The number of carbonyl (C=O) groups excluding carboxylic acids is 3. The molecule has 6 nitrogen and oxygen atoms in total. The number of ether oxygens (including phenoxy) is 1. The van der Waals surface area contributed by atoms with Gasteiger partial charge < -0.3 is 15.0 Å². The first kappa shape index (κ1) is 20.2. The van der Waals surface area contributed by atoms with Gasteiger partial charge in [0.2, 0.25) is 11.8 Å². The third-order valence-electron chi connectivity index (χ3n) is 4.27. The summed E-state index contributed by atoms with van der Waals surface area (Å²) in [5.74, 6) is -1.26. The Morgan fingerprint density at radius 1 is 1.04 bits per heavy atom. The van der Waals surface area contributed by atoms with Crippen LogP contribution in [0.3, 0.4) is 0 Å². The van der Waals surface area contributed by atoms with Crippen LogP contribution in [0.4, 0.5) is 11.4 Å². The fourth-order valence-corrected chi connectivity index (χ4v) is 2.62. The maximum atomic E-state index is 13.0. The number of amides is 2. The molecule has 27 heavy (non-hydrogen) atoms. The zero-order chi connectivity index (χ0) is 20.0. The largest absolute Gasteiger partial charge is 0.465 e. The summed E-state index contributed by atoms with van der Waals surface area (Å²) in [6.07, 6.45) is 0. The van der Waals surface area contributed by atoms with Crippen molar-refractivity contribution in [2.24, 2.45) is 5.41 Å². The molecular formula is C21H24N2O4. The van der Waals surface area contributed by atoms with E-state index in [2.05, 4.69) is 10.1 Å². The number of hydrogen-bond acceptors (Lipinski definition) is 4. The van der Waals surface area contributed by atoms with E-state index in [1.807, 2.05) is 37.3 Å². The minimum absolute atomic E-state index is 0.308. The van der Waals surface area contributed by atoms with Gasteiger partial charge in [0, 0.05) is 17.9 Å². The van der Waals surface area contributed by atoms with Gasteiger partial charge in [-0.1, -0.05) is 24.3 Å². The summed E-state index contributed by atoms with van der Waals surface area (Å²) < 4.78 is 4.68. The molecule has 0 unspecified atom stereocenters. The highest BCUT2D eigenvalue weighted by Crippen LogP contribution is 2.26. The van der Waals surface area contributed by atoms with E-state index in [1.54, 1.807) is 36.9 Å². The van der Waals surface area contributed by atoms with E-state index in [4.69, 9.17) is 0 Å². The molecule has 2 amide bonds. The minimum Gasteiger partial charge on any atom is -0.465 e. The van der Waals surface area contributed by atoms with Crippen LogP contribution in [-0.4, -0.2) is 31.4 Å². The van der Waals surface area contributed by atoms with E-state index in [9.17, 15) is 14.4 Å². The van der Waals surface area contributed by atoms with Crippen LogP contribution in [0.5, 0.6) is 0 Å². The summed E-state index contributed by atoms with van der Waals surface area (Å²) in [5.41, 5.74) is 0.177. The van der Waals surface area contributed by atoms with Crippen LogP contribution in [0.15, 0.2) is 54.6 Å². The van der Waals surface area contributed by atoms with Gasteiger partial charge in [0.05, 0.1) is 12.7 Å². The van der Waals surface area contributed by atoms with E-state index in [-0.39, 0.29) is 5.91 Å². The van der Waals surface area contributed by atoms with Gasteiger partial charge in [0.25, 0.3) is 0 Å². The Kier molecular flexibility index (Phi) is 6.34. The number of hydrogen-bond donors (Lipinski definition) is 1. The number of benzene rings is 2. The predicted molar refractivity (Wildman–Crippen MR) is 105 cm³/mol. The number of anilines is 2. The van der Waals surface area contributed by atoms with Crippen molar-refractivity contribution in [3.63, 3.8) is 0 Å². The van der Waals surface area contributed by atoms with Crippen molar-refractivity contribution in [3.8, 4) is 0 Å². The van der Waals surface area contributed by atoms with Crippen molar-refractivity contribution in [2.75, 3.05) is 23.9 Å². The van der Waals surface area contributed by atoms with Gasteiger partial charge in [-0.15, -0.1) is 0 Å². The first-order valence-corrected chi connectivity index (χ1v) is 8.68. The van der Waals surface area contributed by atoms with Crippen LogP contribution in [0, 0.1) is 5.41 Å². The highest BCUT2D eigenvalue weighted by Gasteiger charge is 2.39. The van der Waals surface area contributed by atoms with Crippen LogP contribution >= 0.6 is 0 Å². The molecule has 0 spiro atoms. The fraction of sp³-hybridized carbons (Fsp3) is 0.286. The SMILES string of the molecule is CCN(C(=O)C(C)(C)C(=O)Nc1cccc(C(=O)OC)c1)c1ccccc1. The Morgan fingerprint density at radius 2 is 1.70 bits per heavy atom. The first-order chi connectivity index (χ1) is 12.8. The monoisotopic (exact) mass is 368 g/mol. The summed E-state index contributed by atoms with van der Waals surface area (Å²) in [6.45, 7) is 5.47. The molecule has 0 aromatic heterocycles. The van der Waals surface area contributed by atoms with Gasteiger partial charge in [-0.3, -0.25) is 9.59 Å². The lowest BCUT2D eigenvalue weighted by Gasteiger charge is -2.30. The fourth-order valence-electron chi connectivity index (χ4n) is 2.62. The van der Waals surface area contributed by atoms with Crippen molar-refractivity contribution in [1.29, 1.82) is 0 Å². The number of methoxy groups -OCH3 is 1. The lowest BCUT2D eigenvalue weighted by Crippen LogP contribution is -2.47. The van der Waals surface area contributed by atoms with Gasteiger partial charge in [0.1, 0.15) is 5.41 Å². The molecule has 142 valence electrons. The maximum absolute atomic E-state index is 13.0. The van der Waals surface area contributed by atoms with Crippen molar-refractivity contribution in [2.45, 2.75) is 20.8 Å². The molecule has 0 heterocycles. The maximum Gasteiger partial charge on any atom is 0.337 e. The molecule has 0 fully saturated rings. The molecule has 0 aliphatic carbocycles. The van der Waals surface area contributed by atoms with E-state index in [0.29, 0.717) is 17.8 Å². The molecule has 0 saturated heterocycles. The van der Waals surface area contributed by atoms with Crippen molar-refractivity contribution in [1.82, 2.24) is 0 Å². The second-order valence-corrected chi connectivity index (χ2v) is 6.54. The van der Waals surface area contributed by atoms with Crippen molar-refractivity contribution in [3.05, 3.63) is 60.2 Å². The highest BCUT2D eigenvalue weighted by atomic mass is 16.5. The van der Waals surface area contributed by atoms with Gasteiger partial charge in [0.15, 0.2) is 0 Å². The van der Waals surface area contributed by atoms with Gasteiger partial charge in [-0.25, -0.2) is 4.79 Å². The zero-order valence-electron chi connectivity index (χ0n) is 16.0. The molecule has 2 rings (SSSR count). The highest BCUT2D eigenvalue weighted by molar-refractivity contribution is 6.15. The van der Waals surface area contributed by atoms with Crippen LogP contribution in [0.2, 0.25) is 0 Å². The molecule has 2 aromatic carbocycles. The normalized spacial score (nSPS) is 10.8. The molecule has 1 N–H and O–H groups in total. The second-order valence-electron chi connectivity index (χ2n) is 6.54. The molecular weight excluding hydrogens is 344 g/mol. The lowest BCUT2D eigenvalue weighted by molar-refractivity contribution is -0.136. The Bertz CT molecular complexity index is 831. The molecule has 0 aliphatic rings. The number of nitrogens with one attached hydrogen (secondary N) is 1. The lowest BCUT2D eigenvalue weighted by atomic mass is 9.89. The van der Waals surface area contributed by atoms with E-state index < -0.39 is 17.3 Å². The molecule has 0 aliphatic heterocycles. The average Bonchev–Trinajstić information content (AvgIpc) is 2.68. The number of para-hydroxylation sites is 1. The van der Waals surface area contributed by atoms with Crippen molar-refractivity contribution < 1.29 is 19.1 Å². The molecule has 2 aromatic rings. The van der Waals surface area contributed by atoms with E-state index >= 15 is 0 Å². The standard InChI is InChI=1S/C21H24N2O4/c1-5-23(17-12-7-6-8-13-17)20(26)21(2,3)19(25)22-16-11-9-10-15(14-16)18(24)27-4/h6-14H,5H2,1-4H3,(H,22,25). The number of rotatable bonds is 6. The summed E-state index contributed by atoms with van der Waals surface area (Å²) in [6, 6.07) is 15.6. The first-order valence-electron chi connectivity index (χ1n) is 8.68. The third-order valence-corrected chi connectivity index (χ3v) is 4.27. The summed E-state index contributed by atoms with van der Waals surface area (Å²) in [5, 5.41) is 2.72. The van der Waals surface area contributed by atoms with E-state index in [1.165, 1.54) is 13.2 Å². The van der Waals surface area contributed by atoms with Crippen LogP contribution in [0.1, 0.15) is 31.1 Å². The van der Waals surface area contributed by atoms with Gasteiger partial charge >= 0.3 is 5.97 Å². The average molecular weight is 368 g/mol. The van der Waals surface area contributed by atoms with E-state index in [0.717, 1.165) is 5.69 Å². The van der Waals surface area contributed by atoms with Crippen molar-refractivity contribution >= 4 is 29.2 Å².